The van der Waals surface area contributed by atoms with Gasteiger partial charge in [0.05, 0.1) is 26.1 Å². The minimum Gasteiger partial charge on any atom is -0.399 e. The lowest BCUT2D eigenvalue weighted by Crippen LogP contribution is -2.41. The Kier molecular flexibility index (Phi) is 37.5. The minimum atomic E-state index is -2.27. The first-order valence-corrected chi connectivity index (χ1v) is 55.3. The number of rotatable bonds is 17. The van der Waals surface area contributed by atoms with Crippen LogP contribution in [0.15, 0.2) is 171 Å². The van der Waals surface area contributed by atoms with Crippen LogP contribution in [0.4, 0.5) is 0 Å². The van der Waals surface area contributed by atoms with E-state index in [2.05, 4.69) is 191 Å². The molecular formula is C85H112B2Br3IN8O13P6+2. The number of carbonyl (C=O) groups excluding carboxylic acids is 2. The van der Waals surface area contributed by atoms with Crippen molar-refractivity contribution < 1.29 is 60.1 Å². The SMILES string of the molecule is Brc1ccc(Br)cc1.C=P(C)(C)c1ccc(B2OC(C)(C)C(C)(C)O2)cc1.CC1(C)OB(c2ccc(P(C)(C)=O)cc2)OC1(C)C.CCO[P+](=O)OCC.CP(C)(=O)c1ccc(Br)cc1.C[P+](C)=O.Cc1[nH]nc(C(=O)Cc2cnc3[nH]c(-c4ccc(P(C)(C)=O)cc4)cc3c2)c1C.Cc1[nH]nc(C(=O)Cc2cnc3[nH]c(I)cc3c2)c1C. The summed E-state index contributed by atoms with van der Waals surface area (Å²) >= 11 is 12.2. The van der Waals surface area contributed by atoms with Crippen molar-refractivity contribution in [2.45, 2.75) is 132 Å². The molecule has 632 valence electrons. The maximum Gasteiger partial charge on any atom is 0.697 e. The number of aromatic amines is 4. The highest BCUT2D eigenvalue weighted by atomic mass is 127. The van der Waals surface area contributed by atoms with Crippen LogP contribution in [-0.2, 0) is 63.3 Å². The van der Waals surface area contributed by atoms with Gasteiger partial charge in [-0.15, -0.1) is 9.05 Å². The number of carbonyl (C=O) groups is 2. The molecule has 5 aromatic carbocycles. The number of nitrogens with zero attached hydrogens (tertiary/aromatic N) is 4. The number of ketones is 2. The predicted molar refractivity (Wildman–Crippen MR) is 516 cm³/mol. The molecule has 0 bridgehead atoms. The second kappa shape index (κ2) is 43.7. The molecule has 0 amide bonds. The zero-order valence-electron chi connectivity index (χ0n) is 72.0. The van der Waals surface area contributed by atoms with Crippen molar-refractivity contribution in [3.63, 3.8) is 0 Å². The van der Waals surface area contributed by atoms with Gasteiger partial charge < -0.3 is 42.3 Å². The fourth-order valence-electron chi connectivity index (χ4n) is 11.0. The van der Waals surface area contributed by atoms with Gasteiger partial charge in [0.2, 0.25) is 0 Å². The van der Waals surface area contributed by atoms with Crippen LogP contribution in [0.25, 0.3) is 33.3 Å². The molecule has 6 aromatic heterocycles. The van der Waals surface area contributed by atoms with Crippen molar-refractivity contribution in [3.05, 3.63) is 220 Å². The first-order valence-electron chi connectivity index (χ1n) is 38.0. The van der Waals surface area contributed by atoms with Crippen LogP contribution < -0.4 is 32.1 Å². The van der Waals surface area contributed by atoms with E-state index in [0.717, 1.165) is 111 Å². The highest BCUT2D eigenvalue weighted by Gasteiger charge is 2.53. The lowest BCUT2D eigenvalue weighted by atomic mass is 9.79. The number of aryl methyl sites for hydroxylation is 2. The molecule has 0 saturated carbocycles. The van der Waals surface area contributed by atoms with Gasteiger partial charge in [0, 0.05) is 98.1 Å². The van der Waals surface area contributed by atoms with Crippen molar-refractivity contribution in [2.75, 3.05) is 79.9 Å². The quantitative estimate of drug-likeness (QED) is 0.0285. The van der Waals surface area contributed by atoms with Gasteiger partial charge in [-0.3, -0.25) is 19.8 Å². The minimum absolute atomic E-state index is 0.0123. The number of fused-ring (bicyclic) bond motifs is 2. The summed E-state index contributed by atoms with van der Waals surface area (Å²) in [6.45, 7) is 45.7. The Balaban J connectivity index is 0.000000220. The molecule has 4 N–H and O–H groups in total. The Hall–Kier alpha value is -5.51. The number of halogens is 4. The average molecular weight is 2030 g/mol. The summed E-state index contributed by atoms with van der Waals surface area (Å²) in [5.74, 6) is -0.0128. The summed E-state index contributed by atoms with van der Waals surface area (Å²) in [5, 5.41) is 19.9. The molecule has 2 aliphatic heterocycles. The third-order valence-corrected chi connectivity index (χ3v) is 28.9. The van der Waals surface area contributed by atoms with Gasteiger partial charge in [0.15, 0.2) is 11.6 Å². The molecule has 21 nitrogen and oxygen atoms in total. The topological polar surface area (TPSA) is 290 Å². The van der Waals surface area contributed by atoms with Gasteiger partial charge >= 0.3 is 30.3 Å². The van der Waals surface area contributed by atoms with Gasteiger partial charge in [-0.25, -0.2) is 9.97 Å². The molecule has 0 spiro atoms. The van der Waals surface area contributed by atoms with Crippen molar-refractivity contribution >= 4 is 201 Å². The first-order chi connectivity index (χ1) is 54.6. The van der Waals surface area contributed by atoms with E-state index >= 15 is 0 Å². The van der Waals surface area contributed by atoms with E-state index in [1.807, 2.05) is 177 Å². The summed E-state index contributed by atoms with van der Waals surface area (Å²) in [5.41, 5.74) is 10.8. The van der Waals surface area contributed by atoms with Crippen molar-refractivity contribution in [2.24, 2.45) is 0 Å². The molecule has 0 aliphatic carbocycles. The molecule has 8 heterocycles. The van der Waals surface area contributed by atoms with E-state index in [9.17, 15) is 32.4 Å². The van der Waals surface area contributed by atoms with Crippen LogP contribution in [0.1, 0.15) is 124 Å². The zero-order valence-corrected chi connectivity index (χ0v) is 84.3. The third kappa shape index (κ3) is 30.5. The van der Waals surface area contributed by atoms with Gasteiger partial charge in [-0.2, -0.15) is 10.2 Å². The number of aromatic nitrogens is 8. The zero-order chi connectivity index (χ0) is 88.4. The van der Waals surface area contributed by atoms with E-state index < -0.39 is 44.4 Å². The largest absolute Gasteiger partial charge is 0.697 e. The predicted octanol–water partition coefficient (Wildman–Crippen LogP) is 20.4. The van der Waals surface area contributed by atoms with Crippen LogP contribution in [-0.4, -0.2) is 175 Å². The molecule has 0 radical (unpaired) electrons. The Morgan fingerprint density at radius 2 is 0.797 bits per heavy atom. The summed E-state index contributed by atoms with van der Waals surface area (Å²) in [4.78, 5) is 40.1. The number of Topliss-reactive ketones (excluding diaryl/α,β-unsaturated/α-hetero) is 2. The number of pyridine rings is 2. The van der Waals surface area contributed by atoms with E-state index in [4.69, 9.17) is 18.6 Å². The lowest BCUT2D eigenvalue weighted by molar-refractivity contribution is 0.00578. The number of H-pyrrole nitrogens is 4. The van der Waals surface area contributed by atoms with E-state index in [1.54, 1.807) is 79.6 Å². The van der Waals surface area contributed by atoms with Gasteiger partial charge in [-0.05, 0) is 266 Å². The van der Waals surface area contributed by atoms with E-state index in [1.165, 1.54) is 5.30 Å². The molecule has 118 heavy (non-hydrogen) atoms. The summed E-state index contributed by atoms with van der Waals surface area (Å²) < 4.78 is 93.1. The number of hydrogen-bond donors (Lipinski definition) is 4. The first kappa shape index (κ1) is 101. The number of benzene rings is 5. The van der Waals surface area contributed by atoms with Gasteiger partial charge in [0.1, 0.15) is 70.7 Å². The smallest absolute Gasteiger partial charge is 0.399 e. The molecule has 13 rings (SSSR count). The molecule has 11 aromatic rings. The number of hydrogen-bond acceptors (Lipinski definition) is 17. The summed E-state index contributed by atoms with van der Waals surface area (Å²) in [7, 11) is -9.86. The van der Waals surface area contributed by atoms with Crippen LogP contribution in [0.2, 0.25) is 0 Å². The average Bonchev–Trinajstić information content (AvgIpc) is 1.63. The van der Waals surface area contributed by atoms with E-state index in [0.29, 0.717) is 31.0 Å². The molecule has 0 atom stereocenters. The Bertz CT molecular complexity index is 5290. The highest BCUT2D eigenvalue weighted by molar-refractivity contribution is 14.1. The maximum absolute atomic E-state index is 12.6. The van der Waals surface area contributed by atoms with E-state index in [-0.39, 0.29) is 54.6 Å². The monoisotopic (exact) mass is 2020 g/mol. The molecule has 2 aliphatic rings. The fraction of sp³-hybridized carbons (Fsp3) is 0.376. The standard InChI is InChI=1S/C22H23N4O2P.C15H24BO2P.C14H22BO3P.C14H13IN4O.C8H10BrOP.C6H4Br2.C4H10O3P.C2H6OP/c1-13-14(2)25-26-21(13)20(27)10-15-9-17-11-19(24-22(17)23-12-15)16-5-7-18(8-6-16)29(3,4)28;1-14(2)15(3,4)18-16(17-14)12-8-10-13(11-9-12)19(5,6)7;1-13(2)14(3,4)18-15(17-13)11-7-9-12(10-8-11)19(5,6)16;1-7-8(2)18-19-13(7)11(20)4-9-3-10-5-12(15)17-14(10)16-6-9;1-11(2,10)8-5-3-7(9)4-6-8;7-5-1-2-6(8)4-3-5;1-3-6-8(5)7-4-2;1-4(2)3/h5-9,11-12H,10H2,1-4H3,(H,23,24)(H,25,26);8-11H,5H2,1-4,6-7H3;7-10H,1-6H3;3,5-6H,4H2,1-2H3,(H,16,17)(H,18,19);3-6H,1-2H3;1-4H;3-4H2,1-2H3;1-2H3/q;;;;;;2*+1. The molecular weight excluding hydrogens is 1920 g/mol. The molecule has 33 heteroatoms. The highest BCUT2D eigenvalue weighted by Crippen LogP contribution is 2.41. The van der Waals surface area contributed by atoms with Crippen molar-refractivity contribution in [1.29, 1.82) is 0 Å². The second-order valence-corrected chi connectivity index (χ2v) is 52.2. The molecule has 0 unspecified atom stereocenters. The molecule has 2 fully saturated rings. The second-order valence-electron chi connectivity index (χ2n) is 32.1. The van der Waals surface area contributed by atoms with Crippen LogP contribution in [0, 0.1) is 31.4 Å². The Morgan fingerprint density at radius 3 is 1.11 bits per heavy atom. The van der Waals surface area contributed by atoms with Crippen molar-refractivity contribution in [1.82, 2.24) is 40.3 Å². The molecule has 2 saturated heterocycles. The summed E-state index contributed by atoms with van der Waals surface area (Å²) in [6, 6.07) is 47.5. The van der Waals surface area contributed by atoms with Crippen molar-refractivity contribution in [3.8, 4) is 11.3 Å². The number of nitrogens with one attached hydrogen (secondary N) is 4. The fourth-order valence-corrected chi connectivity index (χ4v) is 16.4. The Morgan fingerprint density at radius 1 is 0.492 bits per heavy atom. The van der Waals surface area contributed by atoms with Crippen LogP contribution >= 0.6 is 115 Å². The third-order valence-electron chi connectivity index (χ3n) is 19.5. The summed E-state index contributed by atoms with van der Waals surface area (Å²) in [6.07, 6.45) is 8.30. The normalized spacial score (nSPS) is 14.3. The maximum atomic E-state index is 12.6. The van der Waals surface area contributed by atoms with Gasteiger partial charge in [0.25, 0.3) is 0 Å². The van der Waals surface area contributed by atoms with Crippen LogP contribution in [0.5, 0.6) is 0 Å². The lowest BCUT2D eigenvalue weighted by Gasteiger charge is -2.32. The van der Waals surface area contributed by atoms with Gasteiger partial charge in [-0.1, -0.05) is 150 Å². The van der Waals surface area contributed by atoms with Crippen LogP contribution in [0.3, 0.4) is 0 Å². The Labute approximate surface area is 738 Å².